The molecule has 0 aliphatic heterocycles. The van der Waals surface area contributed by atoms with E-state index in [1.807, 2.05) is 0 Å². The maximum atomic E-state index is 12.7. The largest absolute Gasteiger partial charge is 0.317 e. The van der Waals surface area contributed by atoms with Gasteiger partial charge in [-0.3, -0.25) is 4.79 Å². The van der Waals surface area contributed by atoms with Gasteiger partial charge in [-0.25, -0.2) is 0 Å². The number of alkyl halides is 4. The zero-order valence-corrected chi connectivity index (χ0v) is 7.86. The molecule has 0 amide bonds. The van der Waals surface area contributed by atoms with Crippen molar-refractivity contribution in [3.05, 3.63) is 12.2 Å². The van der Waals surface area contributed by atoms with Gasteiger partial charge in [0.15, 0.2) is 0 Å². The van der Waals surface area contributed by atoms with Gasteiger partial charge in [0.1, 0.15) is 0 Å². The van der Waals surface area contributed by atoms with Gasteiger partial charge in [0.25, 0.3) is 0 Å². The first-order valence-corrected chi connectivity index (χ1v) is 4.22. The fourth-order valence-electron chi connectivity index (χ4n) is 1.44. The van der Waals surface area contributed by atoms with Crippen LogP contribution in [-0.4, -0.2) is 17.1 Å². The number of carbonyl (C=O) groups excluding carboxylic acids is 1. The summed E-state index contributed by atoms with van der Waals surface area (Å²) in [5, 5.41) is -0.955. The zero-order chi connectivity index (χ0) is 11.1. The Bertz CT molecular complexity index is 287. The monoisotopic (exact) mass is 230 g/mol. The minimum absolute atomic E-state index is 0.672. The van der Waals surface area contributed by atoms with E-state index < -0.39 is 28.9 Å². The molecule has 1 aliphatic rings. The summed E-state index contributed by atoms with van der Waals surface area (Å²) in [5.74, 6) is -11.2. The van der Waals surface area contributed by atoms with E-state index in [0.717, 1.165) is 13.0 Å². The predicted octanol–water partition coefficient (Wildman–Crippen LogP) is 2.84. The number of rotatable bonds is 2. The first-order chi connectivity index (χ1) is 6.21. The lowest BCUT2D eigenvalue weighted by Gasteiger charge is -2.48. The summed E-state index contributed by atoms with van der Waals surface area (Å²) in [5.41, 5.74) is 0. The lowest BCUT2D eigenvalue weighted by molar-refractivity contribution is -0.336. The molecule has 1 nitrogen and oxygen atoms in total. The smallest absolute Gasteiger partial charge is 0.276 e. The van der Waals surface area contributed by atoms with Crippen molar-refractivity contribution in [2.24, 2.45) is 11.8 Å². The second kappa shape index (κ2) is 3.22. The predicted molar refractivity (Wildman–Crippen MR) is 42.5 cm³/mol. The van der Waals surface area contributed by atoms with Crippen LogP contribution in [0.3, 0.4) is 0 Å². The first kappa shape index (κ1) is 11.5. The second-order valence-electron chi connectivity index (χ2n) is 3.22. The van der Waals surface area contributed by atoms with E-state index in [4.69, 9.17) is 11.6 Å². The molecule has 1 aliphatic carbocycles. The van der Waals surface area contributed by atoms with E-state index in [1.165, 1.54) is 0 Å². The van der Waals surface area contributed by atoms with Crippen LogP contribution in [0.2, 0.25) is 0 Å². The number of hydrogen-bond acceptors (Lipinski definition) is 1. The minimum atomic E-state index is -4.09. The van der Waals surface area contributed by atoms with Crippen molar-refractivity contribution >= 4 is 16.8 Å². The molecule has 2 unspecified atom stereocenters. The van der Waals surface area contributed by atoms with Crippen LogP contribution in [0.1, 0.15) is 6.92 Å². The normalized spacial score (nSPS) is 34.1. The minimum Gasteiger partial charge on any atom is -0.276 e. The summed E-state index contributed by atoms with van der Waals surface area (Å²) in [4.78, 5) is 10.2. The van der Waals surface area contributed by atoms with Gasteiger partial charge in [0, 0.05) is 5.92 Å². The van der Waals surface area contributed by atoms with Crippen molar-refractivity contribution in [1.82, 2.24) is 0 Å². The summed E-state index contributed by atoms with van der Waals surface area (Å²) in [7, 11) is 0. The van der Waals surface area contributed by atoms with Gasteiger partial charge in [-0.2, -0.15) is 17.6 Å². The van der Waals surface area contributed by atoms with Gasteiger partial charge in [-0.1, -0.05) is 13.0 Å². The van der Waals surface area contributed by atoms with Crippen molar-refractivity contribution in [2.75, 3.05) is 0 Å². The molecule has 0 aromatic rings. The Kier molecular flexibility index (Phi) is 2.65. The van der Waals surface area contributed by atoms with Crippen LogP contribution in [0.5, 0.6) is 0 Å². The van der Waals surface area contributed by atoms with Crippen LogP contribution in [0.25, 0.3) is 0 Å². The highest BCUT2D eigenvalue weighted by Gasteiger charge is 2.75. The molecular weight excluding hydrogens is 224 g/mol. The molecule has 0 heterocycles. The van der Waals surface area contributed by atoms with Crippen LogP contribution in [0, 0.1) is 11.8 Å². The Morgan fingerprint density at radius 3 is 2.14 bits per heavy atom. The lowest BCUT2D eigenvalue weighted by atomic mass is 9.67. The lowest BCUT2D eigenvalue weighted by Crippen LogP contribution is -2.64. The third kappa shape index (κ3) is 1.43. The van der Waals surface area contributed by atoms with Gasteiger partial charge < -0.3 is 0 Å². The van der Waals surface area contributed by atoms with E-state index in [1.54, 1.807) is 0 Å². The van der Waals surface area contributed by atoms with Gasteiger partial charge in [-0.05, 0) is 17.7 Å². The molecule has 14 heavy (non-hydrogen) atoms. The van der Waals surface area contributed by atoms with Gasteiger partial charge >= 0.3 is 11.8 Å². The standard InChI is InChI=1S/C8H7ClF4O/c1-4-5(2-3-6(9)14)8(12,13)7(4,10)11/h2-5H,1H3/b3-2+. The first-order valence-electron chi connectivity index (χ1n) is 3.84. The Balaban J connectivity index is 2.80. The van der Waals surface area contributed by atoms with Crippen LogP contribution in [0.4, 0.5) is 17.6 Å². The average Bonchev–Trinajstić information content (AvgIpc) is 2.02. The zero-order valence-electron chi connectivity index (χ0n) is 7.11. The molecule has 0 spiro atoms. The van der Waals surface area contributed by atoms with Crippen LogP contribution >= 0.6 is 11.6 Å². The van der Waals surface area contributed by atoms with Crippen molar-refractivity contribution in [2.45, 2.75) is 18.8 Å². The van der Waals surface area contributed by atoms with Gasteiger partial charge in [-0.15, -0.1) is 0 Å². The summed E-state index contributed by atoms with van der Waals surface area (Å²) in [6, 6.07) is 0. The van der Waals surface area contributed by atoms with Crippen molar-refractivity contribution in [3.8, 4) is 0 Å². The number of allylic oxidation sites excluding steroid dienone is 2. The summed E-state index contributed by atoms with van der Waals surface area (Å²) in [6.45, 7) is 1.01. The van der Waals surface area contributed by atoms with Crippen molar-refractivity contribution in [1.29, 1.82) is 0 Å². The molecule has 0 aromatic carbocycles. The highest BCUT2D eigenvalue weighted by atomic mass is 35.5. The van der Waals surface area contributed by atoms with E-state index in [0.29, 0.717) is 6.08 Å². The molecule has 2 atom stereocenters. The molecule has 0 radical (unpaired) electrons. The highest BCUT2D eigenvalue weighted by molar-refractivity contribution is 6.66. The Labute approximate surface area is 82.7 Å². The van der Waals surface area contributed by atoms with Crippen molar-refractivity contribution in [3.63, 3.8) is 0 Å². The van der Waals surface area contributed by atoms with Crippen LogP contribution in [0.15, 0.2) is 12.2 Å². The molecule has 1 saturated carbocycles. The second-order valence-corrected chi connectivity index (χ2v) is 3.60. The molecule has 0 aromatic heterocycles. The summed E-state index contributed by atoms with van der Waals surface area (Å²) >= 11 is 4.86. The third-order valence-electron chi connectivity index (χ3n) is 2.41. The number of halogens is 5. The molecule has 1 rings (SSSR count). The topological polar surface area (TPSA) is 17.1 Å². The molecular formula is C8H7ClF4O. The van der Waals surface area contributed by atoms with E-state index in [9.17, 15) is 22.4 Å². The molecule has 0 N–H and O–H groups in total. The fourth-order valence-corrected chi connectivity index (χ4v) is 1.51. The highest BCUT2D eigenvalue weighted by Crippen LogP contribution is 2.59. The summed E-state index contributed by atoms with van der Waals surface area (Å²) < 4.78 is 50.6. The maximum Gasteiger partial charge on any atom is 0.317 e. The molecule has 80 valence electrons. The quantitative estimate of drug-likeness (QED) is 0.405. The number of hydrogen-bond donors (Lipinski definition) is 0. The van der Waals surface area contributed by atoms with Gasteiger partial charge in [0.05, 0.1) is 5.92 Å². The van der Waals surface area contributed by atoms with Crippen LogP contribution in [-0.2, 0) is 4.79 Å². The number of carbonyl (C=O) groups is 1. The fraction of sp³-hybridized carbons (Fsp3) is 0.625. The van der Waals surface area contributed by atoms with Gasteiger partial charge in [0.2, 0.25) is 5.24 Å². The third-order valence-corrected chi connectivity index (χ3v) is 2.53. The Morgan fingerprint density at radius 1 is 1.29 bits per heavy atom. The molecule has 0 bridgehead atoms. The Hall–Kier alpha value is -0.580. The van der Waals surface area contributed by atoms with Crippen molar-refractivity contribution < 1.29 is 22.4 Å². The Morgan fingerprint density at radius 2 is 1.79 bits per heavy atom. The molecule has 1 fully saturated rings. The molecule has 0 saturated heterocycles. The van der Waals surface area contributed by atoms with E-state index in [-0.39, 0.29) is 0 Å². The maximum absolute atomic E-state index is 12.7. The van der Waals surface area contributed by atoms with Crippen LogP contribution < -0.4 is 0 Å². The average molecular weight is 231 g/mol. The summed E-state index contributed by atoms with van der Waals surface area (Å²) in [6.07, 6.45) is 1.41. The molecule has 6 heteroatoms. The van der Waals surface area contributed by atoms with E-state index in [2.05, 4.69) is 0 Å². The van der Waals surface area contributed by atoms with E-state index >= 15 is 0 Å². The SMILES string of the molecule is CC1C(/C=C/C(=O)Cl)C(F)(F)C1(F)F.